The summed E-state index contributed by atoms with van der Waals surface area (Å²) in [6.07, 6.45) is 23.1. The zero-order valence-corrected chi connectivity index (χ0v) is 17.6. The number of allylic oxidation sites excluding steroid dienone is 8. The molecular formula is C20H30Hf. The van der Waals surface area contributed by atoms with Crippen LogP contribution in [0.3, 0.4) is 0 Å². The van der Waals surface area contributed by atoms with E-state index in [0.29, 0.717) is 3.17 Å². The maximum atomic E-state index is 2.68. The summed E-state index contributed by atoms with van der Waals surface area (Å²) >= 11 is -0.815. The summed E-state index contributed by atoms with van der Waals surface area (Å²) in [7, 11) is 0. The average molecular weight is 449 g/mol. The molecule has 0 aromatic heterocycles. The van der Waals surface area contributed by atoms with Gasteiger partial charge in [-0.25, -0.2) is 0 Å². The second-order valence-corrected chi connectivity index (χ2v) is 12.8. The molecule has 0 saturated carbocycles. The fourth-order valence-corrected chi connectivity index (χ4v) is 10.1. The van der Waals surface area contributed by atoms with Crippen LogP contribution < -0.4 is 0 Å². The van der Waals surface area contributed by atoms with Gasteiger partial charge in [0.15, 0.2) is 0 Å². The van der Waals surface area contributed by atoms with Crippen LogP contribution in [-0.4, -0.2) is 0 Å². The predicted octanol–water partition coefficient (Wildman–Crippen LogP) is 6.73. The van der Waals surface area contributed by atoms with E-state index in [1.807, 2.05) is 3.33 Å². The molecule has 0 saturated heterocycles. The molecule has 0 bridgehead atoms. The Labute approximate surface area is 142 Å². The van der Waals surface area contributed by atoms with Crippen LogP contribution in [-0.2, 0) is 22.9 Å². The standard InChI is InChI=1S/C12H19.C8H11.Hf/c1-3-5-7-12-9-8-11(10-12)6-4-2;1-2-5-8-6-3-4-7-8;/h8-10H,3-7H2,1-2H3;3,6H,2,4-5H2,1H3;. The Balaban J connectivity index is 2.15. The molecule has 1 atom stereocenters. The van der Waals surface area contributed by atoms with Gasteiger partial charge in [-0.2, -0.15) is 0 Å². The third kappa shape index (κ3) is 4.65. The molecule has 1 unspecified atom stereocenters. The van der Waals surface area contributed by atoms with Gasteiger partial charge < -0.3 is 0 Å². The molecule has 0 heterocycles. The summed E-state index contributed by atoms with van der Waals surface area (Å²) in [6, 6.07) is 0. The summed E-state index contributed by atoms with van der Waals surface area (Å²) in [5.74, 6) is 0. The average Bonchev–Trinajstić information content (AvgIpc) is 3.07. The molecule has 0 spiro atoms. The van der Waals surface area contributed by atoms with Crippen LogP contribution >= 0.6 is 0 Å². The van der Waals surface area contributed by atoms with Crippen molar-refractivity contribution in [2.24, 2.45) is 0 Å². The Morgan fingerprint density at radius 1 is 1.05 bits per heavy atom. The zero-order chi connectivity index (χ0) is 15.1. The monoisotopic (exact) mass is 450 g/mol. The summed E-state index contributed by atoms with van der Waals surface area (Å²) in [6.45, 7) is 6.94. The van der Waals surface area contributed by atoms with Crippen LogP contribution in [0.1, 0.15) is 72.1 Å². The fraction of sp³-hybridized carbons (Fsp3) is 0.600. The minimum atomic E-state index is -0.815. The van der Waals surface area contributed by atoms with E-state index in [-0.39, 0.29) is 0 Å². The number of rotatable bonds is 9. The first kappa shape index (κ1) is 17.2. The zero-order valence-electron chi connectivity index (χ0n) is 14.0. The molecular weight excluding hydrogens is 419 g/mol. The second kappa shape index (κ2) is 8.46. The Bertz CT molecular complexity index is 464. The molecule has 0 nitrogen and oxygen atoms in total. The van der Waals surface area contributed by atoms with Crippen molar-refractivity contribution in [3.05, 3.63) is 44.9 Å². The van der Waals surface area contributed by atoms with E-state index in [1.165, 1.54) is 51.4 Å². The van der Waals surface area contributed by atoms with Crippen molar-refractivity contribution < 1.29 is 22.9 Å². The van der Waals surface area contributed by atoms with E-state index in [1.54, 1.807) is 11.1 Å². The van der Waals surface area contributed by atoms with Gasteiger partial charge >= 0.3 is 143 Å². The summed E-state index contributed by atoms with van der Waals surface area (Å²) in [4.78, 5) is 0. The van der Waals surface area contributed by atoms with E-state index in [4.69, 9.17) is 0 Å². The number of hydrogen-bond donors (Lipinski definition) is 0. The molecule has 0 N–H and O–H groups in total. The predicted molar refractivity (Wildman–Crippen MR) is 90.0 cm³/mol. The topological polar surface area (TPSA) is 0 Å². The van der Waals surface area contributed by atoms with Crippen molar-refractivity contribution in [2.45, 2.75) is 75.3 Å². The van der Waals surface area contributed by atoms with Crippen molar-refractivity contribution in [1.29, 1.82) is 0 Å². The van der Waals surface area contributed by atoms with Crippen molar-refractivity contribution in [3.8, 4) is 0 Å². The maximum absolute atomic E-state index is 2.68. The van der Waals surface area contributed by atoms with Gasteiger partial charge in [0.05, 0.1) is 0 Å². The third-order valence-electron chi connectivity index (χ3n) is 4.45. The van der Waals surface area contributed by atoms with Crippen molar-refractivity contribution in [3.63, 3.8) is 0 Å². The van der Waals surface area contributed by atoms with Crippen LogP contribution in [0.5, 0.6) is 0 Å². The van der Waals surface area contributed by atoms with Gasteiger partial charge in [0, 0.05) is 0 Å². The van der Waals surface area contributed by atoms with Crippen LogP contribution in [0, 0.1) is 0 Å². The van der Waals surface area contributed by atoms with Crippen LogP contribution in [0.15, 0.2) is 44.9 Å². The SMILES string of the molecule is CCCC[C]1([Hf][C]2=C(CCC)C=CC2)C=CC(CCC)=C1. The van der Waals surface area contributed by atoms with E-state index in [0.717, 1.165) is 0 Å². The third-order valence-corrected chi connectivity index (χ3v) is 11.1. The fourth-order valence-electron chi connectivity index (χ4n) is 3.36. The van der Waals surface area contributed by atoms with E-state index in [9.17, 15) is 0 Å². The van der Waals surface area contributed by atoms with Gasteiger partial charge in [-0.05, 0) is 0 Å². The van der Waals surface area contributed by atoms with Gasteiger partial charge in [0.1, 0.15) is 0 Å². The number of unbranched alkanes of at least 4 members (excludes halogenated alkanes) is 1. The van der Waals surface area contributed by atoms with Crippen molar-refractivity contribution >= 4 is 0 Å². The van der Waals surface area contributed by atoms with Gasteiger partial charge in [-0.1, -0.05) is 0 Å². The molecule has 21 heavy (non-hydrogen) atoms. The molecule has 0 fully saturated rings. The summed E-state index contributed by atoms with van der Waals surface area (Å²) < 4.78 is 2.41. The van der Waals surface area contributed by atoms with Gasteiger partial charge in [0.25, 0.3) is 0 Å². The molecule has 0 aliphatic heterocycles. The van der Waals surface area contributed by atoms with E-state index in [2.05, 4.69) is 51.2 Å². The first-order valence-electron chi connectivity index (χ1n) is 8.80. The second-order valence-electron chi connectivity index (χ2n) is 6.43. The van der Waals surface area contributed by atoms with Crippen molar-refractivity contribution in [2.75, 3.05) is 0 Å². The first-order valence-corrected chi connectivity index (χ1v) is 12.4. The molecule has 0 amide bonds. The Hall–Kier alpha value is -0.170. The van der Waals surface area contributed by atoms with Gasteiger partial charge in [-0.15, -0.1) is 0 Å². The molecule has 1 heteroatoms. The van der Waals surface area contributed by atoms with E-state index < -0.39 is 22.9 Å². The first-order chi connectivity index (χ1) is 10.2. The molecule has 2 aliphatic rings. The molecule has 0 aromatic rings. The Morgan fingerprint density at radius 3 is 2.57 bits per heavy atom. The van der Waals surface area contributed by atoms with Crippen LogP contribution in [0.2, 0.25) is 3.17 Å². The van der Waals surface area contributed by atoms with Crippen molar-refractivity contribution in [1.82, 2.24) is 0 Å². The number of hydrogen-bond acceptors (Lipinski definition) is 0. The molecule has 2 rings (SSSR count). The molecule has 114 valence electrons. The van der Waals surface area contributed by atoms with Crippen LogP contribution in [0.25, 0.3) is 0 Å². The Kier molecular flexibility index (Phi) is 6.92. The summed E-state index contributed by atoms with van der Waals surface area (Å²) in [5.41, 5.74) is 3.33. The quantitative estimate of drug-likeness (QED) is 0.343. The minimum absolute atomic E-state index is 0.515. The van der Waals surface area contributed by atoms with Gasteiger partial charge in [0.2, 0.25) is 0 Å². The van der Waals surface area contributed by atoms with Gasteiger partial charge in [-0.3, -0.25) is 0 Å². The van der Waals surface area contributed by atoms with Crippen LogP contribution in [0.4, 0.5) is 0 Å². The summed E-state index contributed by atoms with van der Waals surface area (Å²) in [5, 5.41) is 0. The normalized spacial score (nSPS) is 24.0. The molecule has 2 aliphatic carbocycles. The molecule has 0 radical (unpaired) electrons. The Morgan fingerprint density at radius 2 is 1.86 bits per heavy atom. The van der Waals surface area contributed by atoms with E-state index >= 15 is 0 Å². The molecule has 0 aromatic carbocycles.